The largest absolute Gasteiger partial charge is 0.361 e. The minimum atomic E-state index is 0.0619. The highest BCUT2D eigenvalue weighted by atomic mass is 16.2. The molecule has 1 aliphatic rings. The van der Waals surface area contributed by atoms with Gasteiger partial charge in [-0.2, -0.15) is 5.10 Å². The Morgan fingerprint density at radius 3 is 2.93 bits per heavy atom. The summed E-state index contributed by atoms with van der Waals surface area (Å²) < 4.78 is 1.71. The van der Waals surface area contributed by atoms with E-state index in [1.807, 2.05) is 25.1 Å². The number of anilines is 1. The Labute approximate surface area is 176 Å². The molecule has 1 aliphatic heterocycles. The normalized spacial score (nSPS) is 15.3. The highest BCUT2D eigenvalue weighted by molar-refractivity contribution is 5.98. The van der Waals surface area contributed by atoms with Crippen molar-refractivity contribution in [1.29, 1.82) is 0 Å². The van der Waals surface area contributed by atoms with Gasteiger partial charge in [-0.1, -0.05) is 12.1 Å². The number of rotatable bonds is 5. The van der Waals surface area contributed by atoms with Gasteiger partial charge < -0.3 is 20.1 Å². The van der Waals surface area contributed by atoms with E-state index >= 15 is 0 Å². The predicted octanol–water partition coefficient (Wildman–Crippen LogP) is 2.07. The number of carbonyl (C=O) groups excluding carboxylic acids is 1. The van der Waals surface area contributed by atoms with Crippen molar-refractivity contribution in [3.63, 3.8) is 0 Å². The Balaban J connectivity index is 1.41. The third kappa shape index (κ3) is 4.17. The van der Waals surface area contributed by atoms with Gasteiger partial charge in [-0.05, 0) is 37.5 Å². The van der Waals surface area contributed by atoms with E-state index in [1.54, 1.807) is 15.8 Å². The van der Waals surface area contributed by atoms with Gasteiger partial charge in [0, 0.05) is 56.5 Å². The molecular weight excluding hydrogens is 378 g/mol. The molecule has 3 heterocycles. The second-order valence-electron chi connectivity index (χ2n) is 7.69. The number of benzene rings is 1. The van der Waals surface area contributed by atoms with Crippen molar-refractivity contribution in [2.45, 2.75) is 20.3 Å². The van der Waals surface area contributed by atoms with Crippen LogP contribution in [0.25, 0.3) is 10.9 Å². The molecule has 0 atom stereocenters. The van der Waals surface area contributed by atoms with E-state index in [0.717, 1.165) is 36.7 Å². The van der Waals surface area contributed by atoms with Crippen molar-refractivity contribution in [2.24, 2.45) is 12.0 Å². The summed E-state index contributed by atoms with van der Waals surface area (Å²) in [5.74, 6) is 0.860. The van der Waals surface area contributed by atoms with Crippen LogP contribution in [0.2, 0.25) is 0 Å². The molecule has 8 heteroatoms. The number of fused-ring (bicyclic) bond motifs is 1. The first-order valence-corrected chi connectivity index (χ1v) is 10.4. The van der Waals surface area contributed by atoms with Gasteiger partial charge in [-0.25, -0.2) is 0 Å². The summed E-state index contributed by atoms with van der Waals surface area (Å²) in [5.41, 5.74) is 4.53. The van der Waals surface area contributed by atoms with Crippen LogP contribution in [-0.4, -0.2) is 64.3 Å². The van der Waals surface area contributed by atoms with Crippen LogP contribution in [0.4, 0.5) is 5.69 Å². The molecule has 1 amide bonds. The molecule has 2 N–H and O–H groups in total. The summed E-state index contributed by atoms with van der Waals surface area (Å²) in [5, 5.41) is 8.76. The summed E-state index contributed by atoms with van der Waals surface area (Å²) in [6, 6.07) is 6.47. The second-order valence-corrected chi connectivity index (χ2v) is 7.69. The van der Waals surface area contributed by atoms with Crippen LogP contribution in [0.15, 0.2) is 41.8 Å². The summed E-state index contributed by atoms with van der Waals surface area (Å²) in [7, 11) is 1.86. The number of carbonyl (C=O) groups is 1. The monoisotopic (exact) mass is 407 g/mol. The molecule has 30 heavy (non-hydrogen) atoms. The van der Waals surface area contributed by atoms with Crippen LogP contribution in [0.3, 0.4) is 0 Å². The number of amides is 1. The van der Waals surface area contributed by atoms with E-state index in [2.05, 4.69) is 46.7 Å². The average Bonchev–Trinajstić information content (AvgIpc) is 3.33. The van der Waals surface area contributed by atoms with Crippen LogP contribution in [0, 0.1) is 6.92 Å². The van der Waals surface area contributed by atoms with Crippen molar-refractivity contribution >= 4 is 28.5 Å². The minimum absolute atomic E-state index is 0.0619. The van der Waals surface area contributed by atoms with Crippen molar-refractivity contribution in [1.82, 2.24) is 25.0 Å². The lowest BCUT2D eigenvalue weighted by Crippen LogP contribution is -2.55. The van der Waals surface area contributed by atoms with Gasteiger partial charge in [0.25, 0.3) is 0 Å². The summed E-state index contributed by atoms with van der Waals surface area (Å²) in [6.07, 6.45) is 6.52. The zero-order valence-corrected chi connectivity index (χ0v) is 17.9. The molecule has 3 aromatic rings. The molecule has 0 saturated carbocycles. The van der Waals surface area contributed by atoms with Crippen LogP contribution < -0.4 is 10.2 Å². The van der Waals surface area contributed by atoms with E-state index in [9.17, 15) is 4.79 Å². The number of aromatic amines is 1. The number of nitrogens with zero attached hydrogens (tertiary/aromatic N) is 5. The average molecular weight is 408 g/mol. The highest BCUT2D eigenvalue weighted by Gasteiger charge is 2.27. The fourth-order valence-electron chi connectivity index (χ4n) is 3.89. The molecule has 0 bridgehead atoms. The Morgan fingerprint density at radius 2 is 2.20 bits per heavy atom. The van der Waals surface area contributed by atoms with E-state index in [-0.39, 0.29) is 5.91 Å². The second kappa shape index (κ2) is 8.61. The molecule has 0 spiro atoms. The first-order chi connectivity index (χ1) is 14.5. The van der Waals surface area contributed by atoms with E-state index in [4.69, 9.17) is 4.99 Å². The molecule has 1 saturated heterocycles. The van der Waals surface area contributed by atoms with E-state index < -0.39 is 0 Å². The van der Waals surface area contributed by atoms with Gasteiger partial charge in [0.1, 0.15) is 6.54 Å². The van der Waals surface area contributed by atoms with E-state index in [0.29, 0.717) is 19.6 Å². The fourth-order valence-corrected chi connectivity index (χ4v) is 3.89. The number of aliphatic imine (C=N–C) groups is 1. The third-order valence-electron chi connectivity index (χ3n) is 5.42. The zero-order valence-electron chi connectivity index (χ0n) is 17.9. The van der Waals surface area contributed by atoms with Gasteiger partial charge in [-0.15, -0.1) is 0 Å². The van der Waals surface area contributed by atoms with E-state index in [1.165, 1.54) is 16.5 Å². The molecule has 4 rings (SSSR count). The lowest BCUT2D eigenvalue weighted by atomic mass is 10.1. The maximum atomic E-state index is 12.7. The summed E-state index contributed by atoms with van der Waals surface area (Å²) in [4.78, 5) is 24.7. The fraction of sp³-hybridized carbons (Fsp3) is 0.409. The molecule has 0 radical (unpaired) electrons. The number of hydrogen-bond donors (Lipinski definition) is 2. The maximum Gasteiger partial charge on any atom is 0.246 e. The number of guanidine groups is 1. The zero-order chi connectivity index (χ0) is 21.1. The summed E-state index contributed by atoms with van der Waals surface area (Å²) >= 11 is 0. The van der Waals surface area contributed by atoms with Crippen LogP contribution >= 0.6 is 0 Å². The van der Waals surface area contributed by atoms with Crippen molar-refractivity contribution in [3.8, 4) is 0 Å². The lowest BCUT2D eigenvalue weighted by molar-refractivity contribution is -0.120. The Hall–Kier alpha value is -3.29. The highest BCUT2D eigenvalue weighted by Crippen LogP contribution is 2.20. The number of hydrogen-bond acceptors (Lipinski definition) is 3. The number of H-pyrrole nitrogens is 1. The number of nitrogens with one attached hydrogen (secondary N) is 2. The van der Waals surface area contributed by atoms with Gasteiger partial charge in [0.05, 0.1) is 11.9 Å². The molecule has 0 aliphatic carbocycles. The number of aromatic nitrogens is 3. The van der Waals surface area contributed by atoms with Crippen molar-refractivity contribution < 1.29 is 4.79 Å². The number of piperazine rings is 1. The first kappa shape index (κ1) is 20.0. The smallest absolute Gasteiger partial charge is 0.246 e. The van der Waals surface area contributed by atoms with Crippen LogP contribution in [-0.2, 0) is 18.3 Å². The molecule has 2 aromatic heterocycles. The van der Waals surface area contributed by atoms with Crippen LogP contribution in [0.1, 0.15) is 18.1 Å². The summed E-state index contributed by atoms with van der Waals surface area (Å²) in [6.45, 7) is 7.25. The maximum absolute atomic E-state index is 12.7. The number of aryl methyl sites for hydroxylation is 2. The van der Waals surface area contributed by atoms with Crippen LogP contribution in [0.5, 0.6) is 0 Å². The third-order valence-corrected chi connectivity index (χ3v) is 5.42. The van der Waals surface area contributed by atoms with Crippen molar-refractivity contribution in [2.75, 3.05) is 37.6 Å². The standard InChI is InChI=1S/C22H29N7O/c1-4-23-22(24-8-7-17-12-25-20-11-16(2)5-6-19(17)20)28-9-10-29(21(30)15-28)18-13-26-27(3)14-18/h5-6,11-14,25H,4,7-10,15H2,1-3H3,(H,23,24). The molecular formula is C22H29N7O. The van der Waals surface area contributed by atoms with Gasteiger partial charge in [0.15, 0.2) is 5.96 Å². The molecule has 1 fully saturated rings. The quantitative estimate of drug-likeness (QED) is 0.501. The minimum Gasteiger partial charge on any atom is -0.361 e. The lowest BCUT2D eigenvalue weighted by Gasteiger charge is -2.35. The molecule has 1 aromatic carbocycles. The molecule has 8 nitrogen and oxygen atoms in total. The predicted molar refractivity (Wildman–Crippen MR) is 120 cm³/mol. The van der Waals surface area contributed by atoms with Crippen molar-refractivity contribution in [3.05, 3.63) is 47.9 Å². The molecule has 158 valence electrons. The van der Waals surface area contributed by atoms with Gasteiger partial charge in [-0.3, -0.25) is 14.5 Å². The Bertz CT molecular complexity index is 1060. The first-order valence-electron chi connectivity index (χ1n) is 10.4. The Morgan fingerprint density at radius 1 is 1.33 bits per heavy atom. The Kier molecular flexibility index (Phi) is 5.74. The topological polar surface area (TPSA) is 81.6 Å². The molecule has 0 unspecified atom stereocenters. The SMILES string of the molecule is CCNC(=NCCc1c[nH]c2cc(C)ccc12)N1CCN(c2cnn(C)c2)C(=O)C1. The van der Waals surface area contributed by atoms with Gasteiger partial charge >= 0.3 is 0 Å². The van der Waals surface area contributed by atoms with Gasteiger partial charge in [0.2, 0.25) is 5.91 Å².